The quantitative estimate of drug-likeness (QED) is 0.928. The van der Waals surface area contributed by atoms with Crippen molar-refractivity contribution in [1.29, 1.82) is 0 Å². The first kappa shape index (κ1) is 16.1. The molecule has 0 radical (unpaired) electrons. The van der Waals surface area contributed by atoms with Crippen LogP contribution in [0.1, 0.15) is 37.7 Å². The molecular formula is C16H20F3N3O. The van der Waals surface area contributed by atoms with Crippen molar-refractivity contribution < 1.29 is 18.0 Å². The van der Waals surface area contributed by atoms with Crippen molar-refractivity contribution in [3.63, 3.8) is 0 Å². The summed E-state index contributed by atoms with van der Waals surface area (Å²) < 4.78 is 37.6. The van der Waals surface area contributed by atoms with Gasteiger partial charge in [-0.3, -0.25) is 4.79 Å². The average Bonchev–Trinajstić information content (AvgIpc) is 2.45. The van der Waals surface area contributed by atoms with Crippen molar-refractivity contribution in [3.05, 3.63) is 23.9 Å². The fourth-order valence-electron chi connectivity index (χ4n) is 2.98. The van der Waals surface area contributed by atoms with E-state index in [-0.39, 0.29) is 17.9 Å². The second-order valence-corrected chi connectivity index (χ2v) is 6.30. The molecular weight excluding hydrogens is 307 g/mol. The van der Waals surface area contributed by atoms with Crippen molar-refractivity contribution >= 4 is 11.7 Å². The Labute approximate surface area is 133 Å². The largest absolute Gasteiger partial charge is 0.417 e. The third-order valence-corrected chi connectivity index (χ3v) is 4.72. The monoisotopic (exact) mass is 327 g/mol. The average molecular weight is 327 g/mol. The van der Waals surface area contributed by atoms with Gasteiger partial charge in [0, 0.05) is 31.2 Å². The first-order valence-corrected chi connectivity index (χ1v) is 8.02. The van der Waals surface area contributed by atoms with E-state index in [0.29, 0.717) is 18.9 Å². The second kappa shape index (κ2) is 6.37. The molecule has 2 aliphatic rings. The zero-order valence-electron chi connectivity index (χ0n) is 12.8. The lowest BCUT2D eigenvalue weighted by Crippen LogP contribution is -2.47. The van der Waals surface area contributed by atoms with E-state index in [9.17, 15) is 18.0 Å². The van der Waals surface area contributed by atoms with Crippen LogP contribution in [0.4, 0.5) is 19.0 Å². The van der Waals surface area contributed by atoms with Gasteiger partial charge in [0.15, 0.2) is 0 Å². The SMILES string of the molecule is O=C(NC1CCN(c2ccc(C(F)(F)F)cn2)CC1)C1CCC1. The molecule has 4 nitrogen and oxygen atoms in total. The van der Waals surface area contributed by atoms with Crippen molar-refractivity contribution in [2.45, 2.75) is 44.3 Å². The molecule has 1 aromatic rings. The van der Waals surface area contributed by atoms with Gasteiger partial charge in [-0.1, -0.05) is 6.42 Å². The highest BCUT2D eigenvalue weighted by molar-refractivity contribution is 5.79. The predicted octanol–water partition coefficient (Wildman–Crippen LogP) is 2.99. The Morgan fingerprint density at radius 1 is 1.17 bits per heavy atom. The number of aromatic nitrogens is 1. The van der Waals surface area contributed by atoms with Crippen molar-refractivity contribution in [3.8, 4) is 0 Å². The summed E-state index contributed by atoms with van der Waals surface area (Å²) >= 11 is 0. The van der Waals surface area contributed by atoms with Gasteiger partial charge in [-0.05, 0) is 37.8 Å². The van der Waals surface area contributed by atoms with Crippen molar-refractivity contribution in [2.75, 3.05) is 18.0 Å². The molecule has 0 spiro atoms. The Bertz CT molecular complexity index is 547. The number of nitrogens with one attached hydrogen (secondary N) is 1. The van der Waals surface area contributed by atoms with Crippen LogP contribution in [0.25, 0.3) is 0 Å². The Morgan fingerprint density at radius 3 is 2.35 bits per heavy atom. The molecule has 0 unspecified atom stereocenters. The number of piperidine rings is 1. The van der Waals surface area contributed by atoms with Crippen LogP contribution in [0, 0.1) is 5.92 Å². The summed E-state index contributed by atoms with van der Waals surface area (Å²) in [5, 5.41) is 3.09. The molecule has 23 heavy (non-hydrogen) atoms. The van der Waals surface area contributed by atoms with E-state index in [1.54, 1.807) is 0 Å². The van der Waals surface area contributed by atoms with Gasteiger partial charge >= 0.3 is 6.18 Å². The van der Waals surface area contributed by atoms with Gasteiger partial charge in [-0.15, -0.1) is 0 Å². The van der Waals surface area contributed by atoms with E-state index in [1.807, 2.05) is 4.90 Å². The number of carbonyl (C=O) groups excluding carboxylic acids is 1. The van der Waals surface area contributed by atoms with Crippen LogP contribution in [-0.4, -0.2) is 30.0 Å². The number of carbonyl (C=O) groups is 1. The Hall–Kier alpha value is -1.79. The minimum absolute atomic E-state index is 0.155. The Morgan fingerprint density at radius 2 is 1.87 bits per heavy atom. The molecule has 1 aromatic heterocycles. The molecule has 2 fully saturated rings. The number of anilines is 1. The van der Waals surface area contributed by atoms with Crippen LogP contribution in [0.3, 0.4) is 0 Å². The summed E-state index contributed by atoms with van der Waals surface area (Å²) in [7, 11) is 0. The zero-order chi connectivity index (χ0) is 16.4. The molecule has 7 heteroatoms. The van der Waals surface area contributed by atoms with Crippen LogP contribution < -0.4 is 10.2 Å². The molecule has 0 bridgehead atoms. The van der Waals surface area contributed by atoms with Gasteiger partial charge in [0.2, 0.25) is 5.91 Å². The standard InChI is InChI=1S/C16H20F3N3O/c17-16(18,19)12-4-5-14(20-10-12)22-8-6-13(7-9-22)21-15(23)11-2-1-3-11/h4-5,10-11,13H,1-3,6-9H2,(H,21,23). The third-order valence-electron chi connectivity index (χ3n) is 4.72. The lowest BCUT2D eigenvalue weighted by Gasteiger charge is -2.34. The van der Waals surface area contributed by atoms with Crippen molar-refractivity contribution in [1.82, 2.24) is 10.3 Å². The minimum atomic E-state index is -4.36. The molecule has 2 heterocycles. The van der Waals surface area contributed by atoms with Crippen molar-refractivity contribution in [2.24, 2.45) is 5.92 Å². The van der Waals surface area contributed by atoms with E-state index < -0.39 is 11.7 Å². The Balaban J connectivity index is 1.51. The fourth-order valence-corrected chi connectivity index (χ4v) is 2.98. The number of alkyl halides is 3. The Kier molecular flexibility index (Phi) is 4.46. The number of pyridine rings is 1. The van der Waals surface area contributed by atoms with E-state index in [2.05, 4.69) is 10.3 Å². The molecule has 0 aromatic carbocycles. The summed E-state index contributed by atoms with van der Waals surface area (Å²) in [6.45, 7) is 1.38. The fraction of sp³-hybridized carbons (Fsp3) is 0.625. The molecule has 126 valence electrons. The zero-order valence-corrected chi connectivity index (χ0v) is 12.8. The molecule has 0 atom stereocenters. The van der Waals surface area contributed by atoms with Gasteiger partial charge < -0.3 is 10.2 Å². The maximum atomic E-state index is 12.5. The summed E-state index contributed by atoms with van der Waals surface area (Å²) in [5.74, 6) is 0.897. The first-order valence-electron chi connectivity index (χ1n) is 8.02. The van der Waals surface area contributed by atoms with Gasteiger partial charge in [0.1, 0.15) is 5.82 Å². The third kappa shape index (κ3) is 3.76. The summed E-state index contributed by atoms with van der Waals surface area (Å²) in [5.41, 5.74) is -0.733. The lowest BCUT2D eigenvalue weighted by molar-refractivity contribution is -0.137. The number of hydrogen-bond donors (Lipinski definition) is 1. The topological polar surface area (TPSA) is 45.2 Å². The van der Waals surface area contributed by atoms with Gasteiger partial charge in [-0.2, -0.15) is 13.2 Å². The smallest absolute Gasteiger partial charge is 0.356 e. The second-order valence-electron chi connectivity index (χ2n) is 6.30. The van der Waals surface area contributed by atoms with Crippen LogP contribution >= 0.6 is 0 Å². The van der Waals surface area contributed by atoms with Crippen LogP contribution in [0.15, 0.2) is 18.3 Å². The minimum Gasteiger partial charge on any atom is -0.356 e. The van der Waals surface area contributed by atoms with Gasteiger partial charge in [0.05, 0.1) is 5.56 Å². The number of hydrogen-bond acceptors (Lipinski definition) is 3. The number of amides is 1. The van der Waals surface area contributed by atoms with Gasteiger partial charge in [0.25, 0.3) is 0 Å². The first-order chi connectivity index (χ1) is 10.9. The molecule has 3 rings (SSSR count). The number of rotatable bonds is 3. The summed E-state index contributed by atoms with van der Waals surface area (Å²) in [6, 6.07) is 2.64. The molecule has 1 saturated heterocycles. The normalized spacial score (nSPS) is 20.2. The van der Waals surface area contributed by atoms with Crippen LogP contribution in [0.5, 0.6) is 0 Å². The highest BCUT2D eigenvalue weighted by Gasteiger charge is 2.31. The maximum Gasteiger partial charge on any atom is 0.417 e. The summed E-state index contributed by atoms with van der Waals surface area (Å²) in [6.07, 6.45) is 1.21. The van der Waals surface area contributed by atoms with Crippen LogP contribution in [0.2, 0.25) is 0 Å². The van der Waals surface area contributed by atoms with Gasteiger partial charge in [-0.25, -0.2) is 4.98 Å². The van der Waals surface area contributed by atoms with Crippen LogP contribution in [-0.2, 0) is 11.0 Å². The maximum absolute atomic E-state index is 12.5. The van der Waals surface area contributed by atoms with E-state index >= 15 is 0 Å². The van der Waals surface area contributed by atoms with E-state index in [4.69, 9.17) is 0 Å². The molecule has 1 amide bonds. The molecule has 1 saturated carbocycles. The van der Waals surface area contributed by atoms with E-state index in [1.165, 1.54) is 6.07 Å². The summed E-state index contributed by atoms with van der Waals surface area (Å²) in [4.78, 5) is 17.8. The number of nitrogens with zero attached hydrogens (tertiary/aromatic N) is 2. The molecule has 1 aliphatic heterocycles. The lowest BCUT2D eigenvalue weighted by atomic mass is 9.84. The van der Waals surface area contributed by atoms with E-state index in [0.717, 1.165) is 44.4 Å². The highest BCUT2D eigenvalue weighted by atomic mass is 19.4. The predicted molar refractivity (Wildman–Crippen MR) is 80.0 cm³/mol. The number of halogens is 3. The molecule has 1 aliphatic carbocycles. The highest BCUT2D eigenvalue weighted by Crippen LogP contribution is 2.30. The molecule has 1 N–H and O–H groups in total.